The fourth-order valence-electron chi connectivity index (χ4n) is 1.79. The number of carbonyl (C=O) groups is 1. The number of nitrogen functional groups attached to an aromatic ring is 1. The third-order valence-electron chi connectivity index (χ3n) is 2.53. The Hall–Kier alpha value is -1.71. The Labute approximate surface area is 88.6 Å². The van der Waals surface area contributed by atoms with Crippen molar-refractivity contribution in [1.29, 1.82) is 0 Å². The number of carbonyl (C=O) groups excluding carboxylic acids is 1. The van der Waals surface area contributed by atoms with Crippen molar-refractivity contribution < 1.29 is 9.53 Å². The standard InChI is InChI=1S/C11H14N2O2/c1-2-13-10-4-3-9(12)7-8(10)5-6-15-11(13)14/h3-4,7H,2,5-6,12H2,1H3. The van der Waals surface area contributed by atoms with Crippen LogP contribution in [0.1, 0.15) is 12.5 Å². The number of rotatable bonds is 1. The largest absolute Gasteiger partial charge is 0.449 e. The van der Waals surface area contributed by atoms with Gasteiger partial charge in [0.15, 0.2) is 0 Å². The number of amides is 1. The number of nitrogens with two attached hydrogens (primary N) is 1. The average molecular weight is 206 g/mol. The smallest absolute Gasteiger partial charge is 0.414 e. The van der Waals surface area contributed by atoms with Crippen LogP contribution in [-0.4, -0.2) is 19.2 Å². The first-order valence-electron chi connectivity index (χ1n) is 5.05. The molecule has 0 aromatic heterocycles. The summed E-state index contributed by atoms with van der Waals surface area (Å²) in [6.07, 6.45) is 0.448. The van der Waals surface area contributed by atoms with E-state index in [9.17, 15) is 4.79 Å². The van der Waals surface area contributed by atoms with Crippen LogP contribution in [0.2, 0.25) is 0 Å². The van der Waals surface area contributed by atoms with E-state index in [4.69, 9.17) is 10.5 Å². The minimum absolute atomic E-state index is 0.277. The summed E-state index contributed by atoms with van der Waals surface area (Å²) in [4.78, 5) is 13.2. The van der Waals surface area contributed by atoms with Gasteiger partial charge in [0.1, 0.15) is 0 Å². The molecule has 0 fully saturated rings. The highest BCUT2D eigenvalue weighted by atomic mass is 16.6. The van der Waals surface area contributed by atoms with E-state index in [-0.39, 0.29) is 6.09 Å². The molecular weight excluding hydrogens is 192 g/mol. The molecule has 4 heteroatoms. The first-order valence-corrected chi connectivity index (χ1v) is 5.05. The highest BCUT2D eigenvalue weighted by molar-refractivity contribution is 5.89. The van der Waals surface area contributed by atoms with E-state index in [2.05, 4.69) is 0 Å². The van der Waals surface area contributed by atoms with Crippen molar-refractivity contribution in [3.8, 4) is 0 Å². The SMILES string of the molecule is CCN1C(=O)OCCc2cc(N)ccc21. The van der Waals surface area contributed by atoms with Crippen molar-refractivity contribution in [2.24, 2.45) is 0 Å². The second kappa shape index (κ2) is 3.81. The summed E-state index contributed by atoms with van der Waals surface area (Å²) in [6, 6.07) is 5.58. The fourth-order valence-corrected chi connectivity index (χ4v) is 1.79. The van der Waals surface area contributed by atoms with E-state index in [0.29, 0.717) is 13.2 Å². The van der Waals surface area contributed by atoms with Gasteiger partial charge in [-0.2, -0.15) is 0 Å². The van der Waals surface area contributed by atoms with Gasteiger partial charge in [-0.25, -0.2) is 4.79 Å². The van der Waals surface area contributed by atoms with Crippen LogP contribution in [0.25, 0.3) is 0 Å². The highest BCUT2D eigenvalue weighted by Gasteiger charge is 2.21. The number of anilines is 2. The Morgan fingerprint density at radius 3 is 3.07 bits per heavy atom. The molecule has 0 bridgehead atoms. The molecule has 0 atom stereocenters. The van der Waals surface area contributed by atoms with Gasteiger partial charge < -0.3 is 10.5 Å². The van der Waals surface area contributed by atoms with Gasteiger partial charge in [0.25, 0.3) is 0 Å². The van der Waals surface area contributed by atoms with Gasteiger partial charge in [0.05, 0.1) is 12.3 Å². The fraction of sp³-hybridized carbons (Fsp3) is 0.364. The van der Waals surface area contributed by atoms with Crippen LogP contribution in [0.5, 0.6) is 0 Å². The molecule has 0 aliphatic carbocycles. The summed E-state index contributed by atoms with van der Waals surface area (Å²) in [6.45, 7) is 2.95. The summed E-state index contributed by atoms with van der Waals surface area (Å²) in [7, 11) is 0. The molecular formula is C11H14N2O2. The molecule has 15 heavy (non-hydrogen) atoms. The van der Waals surface area contributed by atoms with Crippen LogP contribution in [0, 0.1) is 0 Å². The van der Waals surface area contributed by atoms with Crippen molar-refractivity contribution in [3.63, 3.8) is 0 Å². The number of nitrogens with zero attached hydrogens (tertiary/aromatic N) is 1. The van der Waals surface area contributed by atoms with E-state index in [0.717, 1.165) is 23.4 Å². The number of cyclic esters (lactones) is 1. The normalized spacial score (nSPS) is 15.5. The quantitative estimate of drug-likeness (QED) is 0.713. The van der Waals surface area contributed by atoms with Crippen molar-refractivity contribution in [2.45, 2.75) is 13.3 Å². The molecule has 1 heterocycles. The van der Waals surface area contributed by atoms with Crippen molar-refractivity contribution >= 4 is 17.5 Å². The predicted octanol–water partition coefficient (Wildman–Crippen LogP) is 1.79. The number of fused-ring (bicyclic) bond motifs is 1. The summed E-state index contributed by atoms with van der Waals surface area (Å²) < 4.78 is 5.07. The van der Waals surface area contributed by atoms with Gasteiger partial charge in [-0.05, 0) is 30.7 Å². The molecule has 0 unspecified atom stereocenters. The zero-order chi connectivity index (χ0) is 10.8. The second-order valence-corrected chi connectivity index (χ2v) is 3.50. The van der Waals surface area contributed by atoms with Crippen molar-refractivity contribution in [1.82, 2.24) is 0 Å². The van der Waals surface area contributed by atoms with E-state index in [1.165, 1.54) is 0 Å². The maximum absolute atomic E-state index is 11.6. The Balaban J connectivity index is 2.47. The third kappa shape index (κ3) is 1.75. The van der Waals surface area contributed by atoms with Crippen LogP contribution in [0.15, 0.2) is 18.2 Å². The maximum Gasteiger partial charge on any atom is 0.414 e. The van der Waals surface area contributed by atoms with E-state index >= 15 is 0 Å². The first kappa shape index (κ1) is 9.83. The topological polar surface area (TPSA) is 55.6 Å². The number of hydrogen-bond acceptors (Lipinski definition) is 3. The van der Waals surface area contributed by atoms with Gasteiger partial charge in [0, 0.05) is 18.7 Å². The van der Waals surface area contributed by atoms with E-state index in [1.54, 1.807) is 11.0 Å². The molecule has 4 nitrogen and oxygen atoms in total. The maximum atomic E-state index is 11.6. The zero-order valence-corrected chi connectivity index (χ0v) is 8.69. The Kier molecular flexibility index (Phi) is 2.49. The third-order valence-corrected chi connectivity index (χ3v) is 2.53. The van der Waals surface area contributed by atoms with Crippen LogP contribution in [-0.2, 0) is 11.2 Å². The summed E-state index contributed by atoms with van der Waals surface area (Å²) in [5.74, 6) is 0. The molecule has 1 aromatic carbocycles. The van der Waals surface area contributed by atoms with E-state index < -0.39 is 0 Å². The molecule has 0 radical (unpaired) electrons. The molecule has 2 rings (SSSR count). The van der Waals surface area contributed by atoms with Crippen LogP contribution >= 0.6 is 0 Å². The molecule has 1 aliphatic heterocycles. The van der Waals surface area contributed by atoms with Gasteiger partial charge in [-0.3, -0.25) is 4.90 Å². The lowest BCUT2D eigenvalue weighted by Crippen LogP contribution is -2.30. The Morgan fingerprint density at radius 1 is 1.53 bits per heavy atom. The molecule has 80 valence electrons. The Bertz CT molecular complexity index is 390. The molecule has 0 saturated heterocycles. The minimum Gasteiger partial charge on any atom is -0.449 e. The van der Waals surface area contributed by atoms with Gasteiger partial charge in [-0.1, -0.05) is 0 Å². The van der Waals surface area contributed by atoms with Crippen molar-refractivity contribution in [2.75, 3.05) is 23.8 Å². The highest BCUT2D eigenvalue weighted by Crippen LogP contribution is 2.26. The van der Waals surface area contributed by atoms with E-state index in [1.807, 2.05) is 19.1 Å². The molecule has 1 aromatic rings. The van der Waals surface area contributed by atoms with Crippen LogP contribution in [0.4, 0.5) is 16.2 Å². The monoisotopic (exact) mass is 206 g/mol. The predicted molar refractivity (Wildman–Crippen MR) is 58.9 cm³/mol. The average Bonchev–Trinajstić information content (AvgIpc) is 2.36. The molecule has 1 amide bonds. The molecule has 1 aliphatic rings. The Morgan fingerprint density at radius 2 is 2.33 bits per heavy atom. The lowest BCUT2D eigenvalue weighted by Gasteiger charge is -2.19. The molecule has 0 spiro atoms. The first-order chi connectivity index (χ1) is 7.22. The number of hydrogen-bond donors (Lipinski definition) is 1. The van der Waals surface area contributed by atoms with Crippen LogP contribution < -0.4 is 10.6 Å². The lowest BCUT2D eigenvalue weighted by molar-refractivity contribution is 0.157. The zero-order valence-electron chi connectivity index (χ0n) is 8.69. The van der Waals surface area contributed by atoms with Gasteiger partial charge in [0.2, 0.25) is 0 Å². The summed E-state index contributed by atoms with van der Waals surface area (Å²) in [5.41, 5.74) is 8.41. The lowest BCUT2D eigenvalue weighted by atomic mass is 10.1. The molecule has 2 N–H and O–H groups in total. The van der Waals surface area contributed by atoms with Gasteiger partial charge >= 0.3 is 6.09 Å². The van der Waals surface area contributed by atoms with Gasteiger partial charge in [-0.15, -0.1) is 0 Å². The number of benzene rings is 1. The molecule has 0 saturated carbocycles. The van der Waals surface area contributed by atoms with Crippen molar-refractivity contribution in [3.05, 3.63) is 23.8 Å². The summed E-state index contributed by atoms with van der Waals surface area (Å²) >= 11 is 0. The summed E-state index contributed by atoms with van der Waals surface area (Å²) in [5, 5.41) is 0. The minimum atomic E-state index is -0.277. The number of ether oxygens (including phenoxy) is 1. The van der Waals surface area contributed by atoms with Crippen LogP contribution in [0.3, 0.4) is 0 Å². The second-order valence-electron chi connectivity index (χ2n) is 3.50.